The number of aryl methyl sites for hydroxylation is 1. The molecule has 3 aromatic rings. The first-order chi connectivity index (χ1) is 14.2. The van der Waals surface area contributed by atoms with Crippen LogP contribution in [0.3, 0.4) is 0 Å². The Bertz CT molecular complexity index is 1050. The molecule has 0 aliphatic heterocycles. The summed E-state index contributed by atoms with van der Waals surface area (Å²) in [5, 5.41) is 13.1. The van der Waals surface area contributed by atoms with Crippen molar-refractivity contribution in [2.75, 3.05) is 5.73 Å². The number of anilines is 1. The second-order valence-corrected chi connectivity index (χ2v) is 9.16. The number of hydrogen-bond acceptors (Lipinski definition) is 5. The molecule has 1 saturated carbocycles. The Morgan fingerprint density at radius 3 is 2.57 bits per heavy atom. The van der Waals surface area contributed by atoms with E-state index in [0.29, 0.717) is 6.04 Å². The van der Waals surface area contributed by atoms with E-state index >= 15 is 0 Å². The first-order valence-electron chi connectivity index (χ1n) is 10.4. The van der Waals surface area contributed by atoms with Gasteiger partial charge in [-0.3, -0.25) is 9.36 Å². The zero-order valence-electron chi connectivity index (χ0n) is 18.1. The van der Waals surface area contributed by atoms with Gasteiger partial charge in [-0.05, 0) is 58.6 Å². The topological polar surface area (TPSA) is 100.0 Å². The predicted octanol–water partition coefficient (Wildman–Crippen LogP) is 4.03. The zero-order chi connectivity index (χ0) is 21.5. The molecule has 8 heteroatoms. The molecular weight excluding hydrogens is 380 g/mol. The van der Waals surface area contributed by atoms with Crippen molar-refractivity contribution >= 4 is 22.7 Å². The van der Waals surface area contributed by atoms with E-state index in [9.17, 15) is 4.79 Å². The van der Waals surface area contributed by atoms with Crippen LogP contribution in [0.1, 0.15) is 52.5 Å². The van der Waals surface area contributed by atoms with Crippen molar-refractivity contribution in [1.82, 2.24) is 24.9 Å². The first kappa shape index (κ1) is 20.3. The highest BCUT2D eigenvalue weighted by atomic mass is 16.6. The van der Waals surface area contributed by atoms with Crippen molar-refractivity contribution in [3.05, 3.63) is 30.7 Å². The van der Waals surface area contributed by atoms with E-state index < -0.39 is 5.60 Å². The highest BCUT2D eigenvalue weighted by Crippen LogP contribution is 2.33. The first-order valence-corrected chi connectivity index (χ1v) is 10.4. The van der Waals surface area contributed by atoms with E-state index in [1.54, 1.807) is 4.68 Å². The summed E-state index contributed by atoms with van der Waals surface area (Å²) in [5.41, 5.74) is 9.41. The van der Waals surface area contributed by atoms with Gasteiger partial charge in [0.2, 0.25) is 0 Å². The summed E-state index contributed by atoms with van der Waals surface area (Å²) >= 11 is 0. The Morgan fingerprint density at radius 2 is 1.93 bits per heavy atom. The minimum atomic E-state index is -0.479. The van der Waals surface area contributed by atoms with E-state index in [0.717, 1.165) is 53.4 Å². The third-order valence-corrected chi connectivity index (χ3v) is 5.50. The predicted molar refractivity (Wildman–Crippen MR) is 117 cm³/mol. The lowest BCUT2D eigenvalue weighted by molar-refractivity contribution is 0.0487. The monoisotopic (exact) mass is 410 g/mol. The minimum absolute atomic E-state index is 0.147. The van der Waals surface area contributed by atoms with Crippen LogP contribution in [0.2, 0.25) is 0 Å². The molecule has 2 aromatic heterocycles. The van der Waals surface area contributed by atoms with Crippen LogP contribution in [0, 0.1) is 0 Å². The summed E-state index contributed by atoms with van der Waals surface area (Å²) in [4.78, 5) is 12.0. The molecule has 1 aliphatic rings. The van der Waals surface area contributed by atoms with Crippen LogP contribution in [0.4, 0.5) is 10.5 Å². The molecule has 8 nitrogen and oxygen atoms in total. The molecular formula is C22H30N6O2. The normalized spacial score (nSPS) is 19.7. The van der Waals surface area contributed by atoms with E-state index in [4.69, 9.17) is 15.6 Å². The van der Waals surface area contributed by atoms with Crippen molar-refractivity contribution in [3.8, 4) is 11.1 Å². The molecule has 1 aliphatic carbocycles. The van der Waals surface area contributed by atoms with Gasteiger partial charge in [-0.15, -0.1) is 0 Å². The van der Waals surface area contributed by atoms with E-state index in [1.807, 2.05) is 52.3 Å². The number of ether oxygens (including phenoxy) is 1. The van der Waals surface area contributed by atoms with Gasteiger partial charge >= 0.3 is 6.09 Å². The van der Waals surface area contributed by atoms with Crippen LogP contribution < -0.4 is 11.1 Å². The lowest BCUT2D eigenvalue weighted by atomic mass is 9.91. The molecule has 3 N–H and O–H groups in total. The van der Waals surface area contributed by atoms with Crippen molar-refractivity contribution in [1.29, 1.82) is 0 Å². The number of benzene rings is 1. The quantitative estimate of drug-likeness (QED) is 0.635. The van der Waals surface area contributed by atoms with Gasteiger partial charge in [0.05, 0.1) is 17.8 Å². The summed E-state index contributed by atoms with van der Waals surface area (Å²) in [6, 6.07) is 4.48. The molecule has 1 amide bonds. The van der Waals surface area contributed by atoms with Crippen molar-refractivity contribution in [2.24, 2.45) is 7.05 Å². The van der Waals surface area contributed by atoms with E-state index in [1.165, 1.54) is 0 Å². The number of nitrogens with one attached hydrogen (secondary N) is 1. The van der Waals surface area contributed by atoms with E-state index in [-0.39, 0.29) is 12.1 Å². The van der Waals surface area contributed by atoms with Gasteiger partial charge in [0.15, 0.2) is 0 Å². The van der Waals surface area contributed by atoms with Crippen molar-refractivity contribution in [3.63, 3.8) is 0 Å². The van der Waals surface area contributed by atoms with Crippen molar-refractivity contribution < 1.29 is 9.53 Å². The number of fused-ring (bicyclic) bond motifs is 1. The summed E-state index contributed by atoms with van der Waals surface area (Å²) < 4.78 is 9.19. The average Bonchev–Trinajstić information content (AvgIpc) is 3.25. The van der Waals surface area contributed by atoms with Crippen LogP contribution in [0.5, 0.6) is 0 Å². The number of amides is 1. The summed E-state index contributed by atoms with van der Waals surface area (Å²) in [6.45, 7) is 5.62. The van der Waals surface area contributed by atoms with Crippen LogP contribution in [0.15, 0.2) is 30.7 Å². The number of nitrogens with two attached hydrogens (primary N) is 1. The molecule has 0 radical (unpaired) electrons. The molecule has 0 unspecified atom stereocenters. The summed E-state index contributed by atoms with van der Waals surface area (Å²) in [5.74, 6) is 0. The Morgan fingerprint density at radius 1 is 1.20 bits per heavy atom. The third kappa shape index (κ3) is 4.42. The minimum Gasteiger partial charge on any atom is -0.444 e. The Labute approximate surface area is 176 Å². The lowest BCUT2D eigenvalue weighted by Gasteiger charge is -2.30. The van der Waals surface area contributed by atoms with Gasteiger partial charge in [0.1, 0.15) is 5.60 Å². The van der Waals surface area contributed by atoms with Crippen LogP contribution >= 0.6 is 0 Å². The van der Waals surface area contributed by atoms with Crippen LogP contribution in [-0.2, 0) is 11.8 Å². The van der Waals surface area contributed by atoms with Gasteiger partial charge in [-0.25, -0.2) is 4.79 Å². The smallest absolute Gasteiger partial charge is 0.407 e. The Kier molecular flexibility index (Phi) is 5.17. The van der Waals surface area contributed by atoms with Crippen LogP contribution in [0.25, 0.3) is 22.0 Å². The molecule has 0 spiro atoms. The van der Waals surface area contributed by atoms with Crippen LogP contribution in [-0.4, -0.2) is 37.3 Å². The number of carbonyl (C=O) groups is 1. The molecule has 1 fully saturated rings. The van der Waals surface area contributed by atoms with Crippen molar-refractivity contribution in [2.45, 2.75) is 64.1 Å². The maximum Gasteiger partial charge on any atom is 0.407 e. The maximum atomic E-state index is 12.0. The fourth-order valence-electron chi connectivity index (χ4n) is 4.06. The standard InChI is InChI=1S/C22H30N6O2/c1-22(2,3)30-21(29)25-16-5-7-17(8-6-16)28-13-14-9-19(23)18(10-20(14)26-28)15-11-24-27(4)12-15/h9-13,16-17H,5-8,23H2,1-4H3,(H,25,29). The molecule has 2 heterocycles. The molecule has 0 bridgehead atoms. The highest BCUT2D eigenvalue weighted by molar-refractivity contribution is 5.91. The fraction of sp³-hybridized carbons (Fsp3) is 0.500. The largest absolute Gasteiger partial charge is 0.444 e. The fourth-order valence-corrected chi connectivity index (χ4v) is 4.06. The summed E-state index contributed by atoms with van der Waals surface area (Å²) in [7, 11) is 1.89. The maximum absolute atomic E-state index is 12.0. The molecule has 160 valence electrons. The molecule has 1 aromatic carbocycles. The Hall–Kier alpha value is -3.03. The lowest BCUT2D eigenvalue weighted by Crippen LogP contribution is -2.41. The SMILES string of the molecule is Cn1cc(-c2cc3nn(C4CCC(NC(=O)OC(C)(C)C)CC4)cc3cc2N)cn1. The second-order valence-electron chi connectivity index (χ2n) is 9.16. The Balaban J connectivity index is 1.44. The van der Waals surface area contributed by atoms with Gasteiger partial charge in [0, 0.05) is 47.7 Å². The molecule has 30 heavy (non-hydrogen) atoms. The summed E-state index contributed by atoms with van der Waals surface area (Å²) in [6.07, 6.45) is 9.23. The van der Waals surface area contributed by atoms with Gasteiger partial charge in [-0.2, -0.15) is 10.2 Å². The highest BCUT2D eigenvalue weighted by Gasteiger charge is 2.26. The molecule has 0 atom stereocenters. The van der Waals surface area contributed by atoms with Gasteiger partial charge < -0.3 is 15.8 Å². The average molecular weight is 411 g/mol. The number of nitrogen functional groups attached to an aromatic ring is 1. The molecule has 4 rings (SSSR count). The number of alkyl carbamates (subject to hydrolysis) is 1. The van der Waals surface area contributed by atoms with E-state index in [2.05, 4.69) is 21.3 Å². The number of nitrogens with zero attached hydrogens (tertiary/aromatic N) is 4. The van der Waals surface area contributed by atoms with Gasteiger partial charge in [0.25, 0.3) is 0 Å². The number of rotatable bonds is 3. The number of hydrogen-bond donors (Lipinski definition) is 2. The second kappa shape index (κ2) is 7.66. The number of aromatic nitrogens is 4. The molecule has 0 saturated heterocycles. The van der Waals surface area contributed by atoms with Gasteiger partial charge in [-0.1, -0.05) is 0 Å². The number of carbonyl (C=O) groups excluding carboxylic acids is 1. The third-order valence-electron chi connectivity index (χ3n) is 5.50. The zero-order valence-corrected chi connectivity index (χ0v) is 18.1.